The summed E-state index contributed by atoms with van der Waals surface area (Å²) in [6, 6.07) is 25.7. The highest BCUT2D eigenvalue weighted by atomic mass is 32.1. The Morgan fingerprint density at radius 2 is 1.78 bits per heavy atom. The highest BCUT2D eigenvalue weighted by Crippen LogP contribution is 2.39. The number of carbonyl (C=O) groups is 2. The van der Waals surface area contributed by atoms with Gasteiger partial charge in [0.05, 0.1) is 11.4 Å². The van der Waals surface area contributed by atoms with Gasteiger partial charge in [0.1, 0.15) is 17.3 Å². The third-order valence-electron chi connectivity index (χ3n) is 6.13. The Balaban J connectivity index is 1.35. The van der Waals surface area contributed by atoms with Crippen molar-refractivity contribution in [3.63, 3.8) is 0 Å². The van der Waals surface area contributed by atoms with Gasteiger partial charge in [-0.3, -0.25) is 14.5 Å². The summed E-state index contributed by atoms with van der Waals surface area (Å²) in [5.74, 6) is 0.191. The van der Waals surface area contributed by atoms with Crippen LogP contribution in [0.3, 0.4) is 0 Å². The lowest BCUT2D eigenvalue weighted by atomic mass is 10.1. The fourth-order valence-electron chi connectivity index (χ4n) is 4.21. The maximum Gasteiger partial charge on any atom is 0.268 e. The lowest BCUT2D eigenvalue weighted by Crippen LogP contribution is -2.49. The molecule has 1 atom stereocenters. The zero-order valence-corrected chi connectivity index (χ0v) is 20.8. The standard InChI is InChI=1S/C29H27N3O3S/c1-2-25-29(34)32(18-27(33)30-16-15-20-9-5-3-6-10-20)24-17-22(13-14-26(24)35-25)23-19-36-28(31-23)21-11-7-4-8-12-21/h3-14,17,19,25H,2,15-16,18H2,1H3,(H,30,33). The van der Waals surface area contributed by atoms with Gasteiger partial charge in [0.25, 0.3) is 5.91 Å². The van der Waals surface area contributed by atoms with Gasteiger partial charge in [0.2, 0.25) is 5.91 Å². The lowest BCUT2D eigenvalue weighted by Gasteiger charge is -2.34. The molecule has 0 saturated heterocycles. The first-order valence-corrected chi connectivity index (χ1v) is 12.9. The number of hydrogen-bond acceptors (Lipinski definition) is 5. The summed E-state index contributed by atoms with van der Waals surface area (Å²) in [7, 11) is 0. The van der Waals surface area contributed by atoms with Crippen LogP contribution in [-0.2, 0) is 16.0 Å². The molecule has 0 radical (unpaired) electrons. The largest absolute Gasteiger partial charge is 0.478 e. The number of hydrogen-bond donors (Lipinski definition) is 1. The Morgan fingerprint density at radius 3 is 2.53 bits per heavy atom. The average Bonchev–Trinajstić information content (AvgIpc) is 3.41. The average molecular weight is 498 g/mol. The van der Waals surface area contributed by atoms with E-state index in [-0.39, 0.29) is 18.4 Å². The van der Waals surface area contributed by atoms with Gasteiger partial charge < -0.3 is 10.1 Å². The van der Waals surface area contributed by atoms with Crippen molar-refractivity contribution in [3.05, 3.63) is 89.8 Å². The van der Waals surface area contributed by atoms with E-state index in [4.69, 9.17) is 9.72 Å². The molecule has 0 fully saturated rings. The minimum atomic E-state index is -0.607. The van der Waals surface area contributed by atoms with Crippen molar-refractivity contribution < 1.29 is 14.3 Å². The van der Waals surface area contributed by atoms with E-state index in [1.165, 1.54) is 0 Å². The van der Waals surface area contributed by atoms with Crippen LogP contribution in [0.2, 0.25) is 0 Å². The molecule has 4 aromatic rings. The molecule has 1 aliphatic heterocycles. The van der Waals surface area contributed by atoms with Crippen molar-refractivity contribution in [3.8, 4) is 27.6 Å². The van der Waals surface area contributed by atoms with Crippen LogP contribution in [0.25, 0.3) is 21.8 Å². The Morgan fingerprint density at radius 1 is 1.03 bits per heavy atom. The third kappa shape index (κ3) is 5.16. The number of rotatable bonds is 8. The molecule has 1 unspecified atom stereocenters. The fraction of sp³-hybridized carbons (Fsp3) is 0.207. The topological polar surface area (TPSA) is 71.5 Å². The molecule has 1 N–H and O–H groups in total. The molecule has 36 heavy (non-hydrogen) atoms. The number of fused-ring (bicyclic) bond motifs is 1. The molecule has 0 bridgehead atoms. The van der Waals surface area contributed by atoms with Gasteiger partial charge in [0.15, 0.2) is 6.10 Å². The number of ether oxygens (including phenoxy) is 1. The van der Waals surface area contributed by atoms with Crippen molar-refractivity contribution in [2.75, 3.05) is 18.0 Å². The fourth-order valence-corrected chi connectivity index (χ4v) is 5.05. The Labute approximate surface area is 214 Å². The van der Waals surface area contributed by atoms with Gasteiger partial charge in [-0.2, -0.15) is 0 Å². The highest BCUT2D eigenvalue weighted by molar-refractivity contribution is 7.13. The van der Waals surface area contributed by atoms with E-state index in [2.05, 4.69) is 5.32 Å². The summed E-state index contributed by atoms with van der Waals surface area (Å²) in [5.41, 5.74) is 4.49. The van der Waals surface area contributed by atoms with Crippen LogP contribution in [-0.4, -0.2) is 36.0 Å². The first-order chi connectivity index (χ1) is 17.6. The van der Waals surface area contributed by atoms with Crippen molar-refractivity contribution in [2.24, 2.45) is 0 Å². The Hall–Kier alpha value is -3.97. The van der Waals surface area contributed by atoms with Crippen LogP contribution in [0.1, 0.15) is 18.9 Å². The van der Waals surface area contributed by atoms with Crippen LogP contribution in [0.15, 0.2) is 84.2 Å². The van der Waals surface area contributed by atoms with Crippen molar-refractivity contribution in [1.29, 1.82) is 0 Å². The van der Waals surface area contributed by atoms with Gasteiger partial charge in [0, 0.05) is 23.1 Å². The number of amides is 2. The minimum Gasteiger partial charge on any atom is -0.478 e. The van der Waals surface area contributed by atoms with Crippen LogP contribution < -0.4 is 15.0 Å². The third-order valence-corrected chi connectivity index (χ3v) is 7.02. The van der Waals surface area contributed by atoms with Gasteiger partial charge >= 0.3 is 0 Å². The molecule has 2 amide bonds. The Bertz CT molecular complexity index is 1350. The molecular formula is C29H27N3O3S. The summed E-state index contributed by atoms with van der Waals surface area (Å²) in [5, 5.41) is 5.88. The number of thiazole rings is 1. The quantitative estimate of drug-likeness (QED) is 0.357. The maximum absolute atomic E-state index is 13.2. The summed E-state index contributed by atoms with van der Waals surface area (Å²) in [4.78, 5) is 32.3. The van der Waals surface area contributed by atoms with E-state index in [9.17, 15) is 9.59 Å². The van der Waals surface area contributed by atoms with Crippen LogP contribution in [0.4, 0.5) is 5.69 Å². The molecule has 6 nitrogen and oxygen atoms in total. The minimum absolute atomic E-state index is 0.0593. The summed E-state index contributed by atoms with van der Waals surface area (Å²) < 4.78 is 5.97. The summed E-state index contributed by atoms with van der Waals surface area (Å²) in [6.07, 6.45) is 0.651. The molecule has 0 spiro atoms. The number of aromatic nitrogens is 1. The zero-order chi connectivity index (χ0) is 24.9. The second-order valence-corrected chi connectivity index (χ2v) is 9.47. The van der Waals surface area contributed by atoms with Crippen LogP contribution in [0, 0.1) is 0 Å². The van der Waals surface area contributed by atoms with Crippen LogP contribution >= 0.6 is 11.3 Å². The zero-order valence-electron chi connectivity index (χ0n) is 20.0. The lowest BCUT2D eigenvalue weighted by molar-refractivity contribution is -0.129. The molecular weight excluding hydrogens is 470 g/mol. The van der Waals surface area contributed by atoms with Crippen LogP contribution in [0.5, 0.6) is 5.75 Å². The molecule has 3 aromatic carbocycles. The van der Waals surface area contributed by atoms with E-state index in [0.29, 0.717) is 24.4 Å². The van der Waals surface area contributed by atoms with Crippen molar-refractivity contribution in [2.45, 2.75) is 25.9 Å². The monoisotopic (exact) mass is 497 g/mol. The van der Waals surface area contributed by atoms with Gasteiger partial charge in [-0.05, 0) is 36.6 Å². The summed E-state index contributed by atoms with van der Waals surface area (Å²) >= 11 is 1.57. The normalized spacial score (nSPS) is 14.8. The second-order valence-electron chi connectivity index (χ2n) is 8.61. The van der Waals surface area contributed by atoms with E-state index < -0.39 is 6.10 Å². The number of anilines is 1. The predicted octanol–water partition coefficient (Wildman–Crippen LogP) is 5.34. The number of nitrogens with one attached hydrogen (secondary N) is 1. The van der Waals surface area contributed by atoms with E-state index >= 15 is 0 Å². The molecule has 1 aromatic heterocycles. The van der Waals surface area contributed by atoms with Gasteiger partial charge in [-0.15, -0.1) is 11.3 Å². The molecule has 182 valence electrons. The molecule has 0 saturated carbocycles. The van der Waals surface area contributed by atoms with E-state index in [1.807, 2.05) is 91.2 Å². The van der Waals surface area contributed by atoms with Crippen molar-refractivity contribution >= 4 is 28.8 Å². The summed E-state index contributed by atoms with van der Waals surface area (Å²) in [6.45, 7) is 2.35. The molecule has 5 rings (SSSR count). The second kappa shape index (κ2) is 10.7. The molecule has 0 aliphatic carbocycles. The SMILES string of the molecule is CCC1Oc2ccc(-c3csc(-c4ccccc4)n3)cc2N(CC(=O)NCCc2ccccc2)C1=O. The van der Waals surface area contributed by atoms with E-state index in [1.54, 1.807) is 16.2 Å². The first-order valence-electron chi connectivity index (χ1n) is 12.1. The molecule has 7 heteroatoms. The van der Waals surface area contributed by atoms with E-state index in [0.717, 1.165) is 33.8 Å². The first kappa shape index (κ1) is 23.8. The van der Waals surface area contributed by atoms with Gasteiger partial charge in [-0.25, -0.2) is 4.98 Å². The predicted molar refractivity (Wildman–Crippen MR) is 143 cm³/mol. The number of benzene rings is 3. The maximum atomic E-state index is 13.2. The van der Waals surface area contributed by atoms with Crippen molar-refractivity contribution in [1.82, 2.24) is 10.3 Å². The smallest absolute Gasteiger partial charge is 0.268 e. The molecule has 1 aliphatic rings. The van der Waals surface area contributed by atoms with Gasteiger partial charge in [-0.1, -0.05) is 67.6 Å². The number of nitrogens with zero attached hydrogens (tertiary/aromatic N) is 2. The number of carbonyl (C=O) groups excluding carboxylic acids is 2. The molecule has 2 heterocycles. The Kier molecular flexibility index (Phi) is 7.09. The highest BCUT2D eigenvalue weighted by Gasteiger charge is 2.34.